The quantitative estimate of drug-likeness (QED) is 0.670. The van der Waals surface area contributed by atoms with Gasteiger partial charge in [0.05, 0.1) is 6.42 Å². The smallest absolute Gasteiger partial charge is 0.228 e. The van der Waals surface area contributed by atoms with Gasteiger partial charge < -0.3 is 21.7 Å². The zero-order valence-corrected chi connectivity index (χ0v) is 11.4. The molecule has 0 saturated heterocycles. The number of benzene rings is 1. The van der Waals surface area contributed by atoms with Crippen LogP contribution in [-0.4, -0.2) is 43.5 Å². The Labute approximate surface area is 113 Å². The molecular weight excluding hydrogens is 240 g/mol. The van der Waals surface area contributed by atoms with Crippen molar-refractivity contribution in [1.29, 1.82) is 0 Å². The van der Waals surface area contributed by atoms with E-state index in [0.29, 0.717) is 13.0 Å². The minimum atomic E-state index is 0.0341. The van der Waals surface area contributed by atoms with Crippen molar-refractivity contribution in [3.63, 3.8) is 0 Å². The van der Waals surface area contributed by atoms with Crippen molar-refractivity contribution < 1.29 is 4.79 Å². The van der Waals surface area contributed by atoms with Gasteiger partial charge in [0, 0.05) is 31.4 Å². The molecule has 0 aliphatic carbocycles. The van der Waals surface area contributed by atoms with Gasteiger partial charge in [0.25, 0.3) is 0 Å². The number of amides is 1. The molecule has 1 aromatic carbocycles. The SMILES string of the molecule is CN(CCc1ccc2c(c1)CC(=O)N2)CC(N)CN. The zero-order chi connectivity index (χ0) is 13.8. The van der Waals surface area contributed by atoms with Crippen LogP contribution in [0.1, 0.15) is 11.1 Å². The minimum Gasteiger partial charge on any atom is -0.329 e. The summed E-state index contributed by atoms with van der Waals surface area (Å²) in [6.07, 6.45) is 1.45. The first kappa shape index (κ1) is 14.0. The third-order valence-corrected chi connectivity index (χ3v) is 3.43. The van der Waals surface area contributed by atoms with E-state index in [1.807, 2.05) is 13.1 Å². The van der Waals surface area contributed by atoms with Gasteiger partial charge in [-0.15, -0.1) is 0 Å². The summed E-state index contributed by atoms with van der Waals surface area (Å²) in [5.74, 6) is 0.0817. The molecule has 0 spiro atoms. The fraction of sp³-hybridized carbons (Fsp3) is 0.500. The maximum atomic E-state index is 11.3. The fourth-order valence-corrected chi connectivity index (χ4v) is 2.32. The van der Waals surface area contributed by atoms with Crippen molar-refractivity contribution in [3.8, 4) is 0 Å². The van der Waals surface area contributed by atoms with Gasteiger partial charge in [0.2, 0.25) is 5.91 Å². The van der Waals surface area contributed by atoms with Crippen molar-refractivity contribution in [2.45, 2.75) is 18.9 Å². The second-order valence-electron chi connectivity index (χ2n) is 5.22. The number of nitrogens with one attached hydrogen (secondary N) is 1. The molecule has 0 saturated carbocycles. The van der Waals surface area contributed by atoms with Crippen molar-refractivity contribution in [1.82, 2.24) is 4.90 Å². The zero-order valence-electron chi connectivity index (χ0n) is 11.4. The highest BCUT2D eigenvalue weighted by Crippen LogP contribution is 2.23. The standard InChI is InChI=1S/C14H22N4O/c1-18(9-12(16)8-15)5-4-10-2-3-13-11(6-10)7-14(19)17-13/h2-3,6,12H,4-5,7-9,15-16H2,1H3,(H,17,19). The number of hydrogen-bond donors (Lipinski definition) is 3. The second kappa shape index (κ2) is 6.14. The molecule has 5 heteroatoms. The first-order chi connectivity index (χ1) is 9.08. The third-order valence-electron chi connectivity index (χ3n) is 3.43. The lowest BCUT2D eigenvalue weighted by Crippen LogP contribution is -2.41. The van der Waals surface area contributed by atoms with E-state index < -0.39 is 0 Å². The number of nitrogens with zero attached hydrogens (tertiary/aromatic N) is 1. The third kappa shape index (κ3) is 3.76. The van der Waals surface area contributed by atoms with Gasteiger partial charge in [-0.2, -0.15) is 0 Å². The van der Waals surface area contributed by atoms with E-state index in [9.17, 15) is 4.79 Å². The van der Waals surface area contributed by atoms with Crippen molar-refractivity contribution >= 4 is 11.6 Å². The van der Waals surface area contributed by atoms with Crippen molar-refractivity contribution in [2.75, 3.05) is 32.0 Å². The molecule has 1 aliphatic rings. The first-order valence-electron chi connectivity index (χ1n) is 6.64. The summed E-state index contributed by atoms with van der Waals surface area (Å²) >= 11 is 0. The Hall–Kier alpha value is -1.43. The molecule has 2 rings (SSSR count). The van der Waals surface area contributed by atoms with Gasteiger partial charge >= 0.3 is 0 Å². The molecule has 1 aromatic rings. The molecule has 5 nitrogen and oxygen atoms in total. The summed E-state index contributed by atoms with van der Waals surface area (Å²) in [5, 5.41) is 2.84. The molecule has 5 N–H and O–H groups in total. The van der Waals surface area contributed by atoms with Crippen LogP contribution in [0, 0.1) is 0 Å². The predicted octanol–water partition coefficient (Wildman–Crippen LogP) is -0.0585. The molecular formula is C14H22N4O. The fourth-order valence-electron chi connectivity index (χ4n) is 2.32. The summed E-state index contributed by atoms with van der Waals surface area (Å²) in [5.41, 5.74) is 14.6. The number of rotatable bonds is 6. The van der Waals surface area contributed by atoms with E-state index in [-0.39, 0.29) is 11.9 Å². The van der Waals surface area contributed by atoms with Crippen LogP contribution in [0.15, 0.2) is 18.2 Å². The van der Waals surface area contributed by atoms with Crippen LogP contribution in [0.4, 0.5) is 5.69 Å². The van der Waals surface area contributed by atoms with Crippen LogP contribution in [0.25, 0.3) is 0 Å². The molecule has 19 heavy (non-hydrogen) atoms. The minimum absolute atomic E-state index is 0.0341. The molecule has 104 valence electrons. The largest absolute Gasteiger partial charge is 0.329 e. The lowest BCUT2D eigenvalue weighted by molar-refractivity contribution is -0.115. The Morgan fingerprint density at radius 1 is 1.47 bits per heavy atom. The van der Waals surface area contributed by atoms with Gasteiger partial charge in [0.1, 0.15) is 0 Å². The average molecular weight is 262 g/mol. The van der Waals surface area contributed by atoms with Crippen LogP contribution in [0.5, 0.6) is 0 Å². The van der Waals surface area contributed by atoms with Gasteiger partial charge in [-0.25, -0.2) is 0 Å². The number of hydrogen-bond acceptors (Lipinski definition) is 4. The van der Waals surface area contributed by atoms with Gasteiger partial charge in [-0.3, -0.25) is 4.79 Å². The molecule has 1 unspecified atom stereocenters. The number of likely N-dealkylation sites (N-methyl/N-ethyl adjacent to an activating group) is 1. The Morgan fingerprint density at radius 2 is 2.26 bits per heavy atom. The molecule has 0 radical (unpaired) electrons. The van der Waals surface area contributed by atoms with Gasteiger partial charge in [0.15, 0.2) is 0 Å². The maximum Gasteiger partial charge on any atom is 0.228 e. The molecule has 0 fully saturated rings. The lowest BCUT2D eigenvalue weighted by Gasteiger charge is -2.20. The molecule has 1 atom stereocenters. The number of carbonyl (C=O) groups is 1. The topological polar surface area (TPSA) is 84.4 Å². The maximum absolute atomic E-state index is 11.3. The molecule has 1 aliphatic heterocycles. The van der Waals surface area contributed by atoms with E-state index in [0.717, 1.165) is 30.8 Å². The monoisotopic (exact) mass is 262 g/mol. The van der Waals surface area contributed by atoms with E-state index in [1.54, 1.807) is 0 Å². The number of anilines is 1. The van der Waals surface area contributed by atoms with Gasteiger partial charge in [-0.05, 0) is 30.7 Å². The van der Waals surface area contributed by atoms with Crippen molar-refractivity contribution in [2.24, 2.45) is 11.5 Å². The highest BCUT2D eigenvalue weighted by atomic mass is 16.1. The van der Waals surface area contributed by atoms with Crippen LogP contribution in [0.2, 0.25) is 0 Å². The van der Waals surface area contributed by atoms with Gasteiger partial charge in [-0.1, -0.05) is 12.1 Å². The summed E-state index contributed by atoms with van der Waals surface area (Å²) in [6, 6.07) is 6.21. The summed E-state index contributed by atoms with van der Waals surface area (Å²) in [7, 11) is 2.05. The van der Waals surface area contributed by atoms with E-state index >= 15 is 0 Å². The Morgan fingerprint density at radius 3 is 3.00 bits per heavy atom. The summed E-state index contributed by atoms with van der Waals surface area (Å²) in [6.45, 7) is 2.26. The van der Waals surface area contributed by atoms with Crippen LogP contribution in [0.3, 0.4) is 0 Å². The van der Waals surface area contributed by atoms with E-state index in [1.165, 1.54) is 5.56 Å². The normalized spacial score (nSPS) is 15.5. The number of carbonyl (C=O) groups excluding carboxylic acids is 1. The molecule has 0 aromatic heterocycles. The number of nitrogens with two attached hydrogens (primary N) is 2. The van der Waals surface area contributed by atoms with Crippen LogP contribution >= 0.6 is 0 Å². The lowest BCUT2D eigenvalue weighted by atomic mass is 10.1. The van der Waals surface area contributed by atoms with E-state index in [4.69, 9.17) is 11.5 Å². The Kier molecular flexibility index (Phi) is 4.52. The van der Waals surface area contributed by atoms with Crippen molar-refractivity contribution in [3.05, 3.63) is 29.3 Å². The second-order valence-corrected chi connectivity index (χ2v) is 5.22. The Balaban J connectivity index is 1.87. The highest BCUT2D eigenvalue weighted by Gasteiger charge is 2.17. The molecule has 0 bridgehead atoms. The summed E-state index contributed by atoms with van der Waals surface area (Å²) in [4.78, 5) is 13.5. The van der Waals surface area contributed by atoms with Crippen LogP contribution in [-0.2, 0) is 17.6 Å². The Bertz CT molecular complexity index is 461. The molecule has 1 heterocycles. The van der Waals surface area contributed by atoms with E-state index in [2.05, 4.69) is 22.3 Å². The van der Waals surface area contributed by atoms with Crippen LogP contribution < -0.4 is 16.8 Å². The number of fused-ring (bicyclic) bond motifs is 1. The first-order valence-corrected chi connectivity index (χ1v) is 6.64. The predicted molar refractivity (Wildman–Crippen MR) is 77.0 cm³/mol. The average Bonchev–Trinajstić information content (AvgIpc) is 2.75. The summed E-state index contributed by atoms with van der Waals surface area (Å²) < 4.78 is 0. The molecule has 1 amide bonds. The highest BCUT2D eigenvalue weighted by molar-refractivity contribution is 5.99.